The van der Waals surface area contributed by atoms with Gasteiger partial charge < -0.3 is 5.32 Å². The van der Waals surface area contributed by atoms with Crippen molar-refractivity contribution in [2.24, 2.45) is 10.9 Å². The number of amides is 2. The first kappa shape index (κ1) is 16.9. The Balaban J connectivity index is 1.39. The Hall–Kier alpha value is -3.27. The Bertz CT molecular complexity index is 1130. The van der Waals surface area contributed by atoms with Crippen molar-refractivity contribution in [3.05, 3.63) is 83.1 Å². The predicted molar refractivity (Wildman–Crippen MR) is 110 cm³/mol. The average molecular weight is 368 g/mol. The summed E-state index contributed by atoms with van der Waals surface area (Å²) in [6.07, 6.45) is 8.93. The van der Waals surface area contributed by atoms with Crippen LogP contribution in [0.4, 0.5) is 0 Å². The van der Waals surface area contributed by atoms with Crippen LogP contribution in [0, 0.1) is 5.92 Å². The number of fused-ring (bicyclic) bond motifs is 3. The van der Waals surface area contributed by atoms with Gasteiger partial charge in [-0.05, 0) is 53.3 Å². The molecule has 3 aliphatic rings. The van der Waals surface area contributed by atoms with E-state index in [0.29, 0.717) is 5.71 Å². The van der Waals surface area contributed by atoms with Crippen LogP contribution < -0.4 is 5.32 Å². The number of carbonyl (C=O) groups excluding carboxylic acids is 2. The zero-order valence-electron chi connectivity index (χ0n) is 15.4. The standard InChI is InChI=1S/C24H20N2O2/c27-23(13-16-7-3-6-15-5-1-2-8-18(15)16)25-17-11-12-20-19-9-4-10-21(19)24(28)26-22(20)14-17/h1-3,5-8,11-12,14,20H,4,9-10,13H2,(H,26,28). The summed E-state index contributed by atoms with van der Waals surface area (Å²) in [5, 5.41) is 5.19. The van der Waals surface area contributed by atoms with E-state index in [9.17, 15) is 9.59 Å². The number of nitrogens with one attached hydrogen (secondary N) is 1. The van der Waals surface area contributed by atoms with Crippen LogP contribution in [0.2, 0.25) is 0 Å². The van der Waals surface area contributed by atoms with Crippen molar-refractivity contribution in [1.29, 1.82) is 0 Å². The quantitative estimate of drug-likeness (QED) is 0.870. The highest BCUT2D eigenvalue weighted by Gasteiger charge is 2.34. The first-order valence-electron chi connectivity index (χ1n) is 9.70. The number of benzene rings is 2. The lowest BCUT2D eigenvalue weighted by molar-refractivity contribution is -0.118. The molecular formula is C24H20N2O2. The molecule has 0 saturated carbocycles. The maximum absolute atomic E-state index is 12.6. The molecule has 0 saturated heterocycles. The summed E-state index contributed by atoms with van der Waals surface area (Å²) in [5.74, 6) is -0.0525. The van der Waals surface area contributed by atoms with E-state index in [1.54, 1.807) is 0 Å². The van der Waals surface area contributed by atoms with Gasteiger partial charge in [-0.15, -0.1) is 0 Å². The van der Waals surface area contributed by atoms with Crippen molar-refractivity contribution in [2.75, 3.05) is 0 Å². The van der Waals surface area contributed by atoms with E-state index in [1.807, 2.05) is 54.6 Å². The maximum atomic E-state index is 12.6. The lowest BCUT2D eigenvalue weighted by Gasteiger charge is -2.28. The molecule has 2 amide bonds. The summed E-state index contributed by atoms with van der Waals surface area (Å²) in [5.41, 5.74) is 4.58. The monoisotopic (exact) mass is 368 g/mol. The van der Waals surface area contributed by atoms with E-state index in [1.165, 1.54) is 5.57 Å². The van der Waals surface area contributed by atoms with E-state index in [4.69, 9.17) is 0 Å². The van der Waals surface area contributed by atoms with Crippen molar-refractivity contribution in [2.45, 2.75) is 25.7 Å². The third kappa shape index (κ3) is 2.91. The highest BCUT2D eigenvalue weighted by atomic mass is 16.2. The van der Waals surface area contributed by atoms with E-state index < -0.39 is 0 Å². The smallest absolute Gasteiger partial charge is 0.251 e. The van der Waals surface area contributed by atoms with E-state index in [-0.39, 0.29) is 24.2 Å². The Labute approximate surface area is 163 Å². The minimum atomic E-state index is -0.186. The van der Waals surface area contributed by atoms with Gasteiger partial charge in [-0.1, -0.05) is 48.5 Å². The van der Waals surface area contributed by atoms with Crippen LogP contribution >= 0.6 is 0 Å². The van der Waals surface area contributed by atoms with Crippen molar-refractivity contribution < 1.29 is 9.59 Å². The van der Waals surface area contributed by atoms with Crippen molar-refractivity contribution >= 4 is 28.3 Å². The van der Waals surface area contributed by atoms with E-state index in [0.717, 1.165) is 46.9 Å². The van der Waals surface area contributed by atoms with Crippen molar-refractivity contribution in [3.8, 4) is 0 Å². The first-order chi connectivity index (χ1) is 13.7. The molecule has 0 fully saturated rings. The molecule has 1 atom stereocenters. The van der Waals surface area contributed by atoms with Gasteiger partial charge in [0.1, 0.15) is 0 Å². The van der Waals surface area contributed by atoms with Crippen LogP contribution in [-0.4, -0.2) is 17.5 Å². The van der Waals surface area contributed by atoms with Crippen LogP contribution in [0.15, 0.2) is 82.5 Å². The normalized spacial score (nSPS) is 22.1. The Morgan fingerprint density at radius 3 is 2.89 bits per heavy atom. The SMILES string of the molecule is O=C(Cc1cccc2ccccc12)N=C1C=CC2C(=C1)NC(=O)C1=C2CCC1. The van der Waals surface area contributed by atoms with Gasteiger partial charge >= 0.3 is 0 Å². The number of allylic oxidation sites excluding steroid dienone is 3. The number of hydrogen-bond acceptors (Lipinski definition) is 2. The molecule has 2 aliphatic carbocycles. The summed E-state index contributed by atoms with van der Waals surface area (Å²) >= 11 is 0. The van der Waals surface area contributed by atoms with E-state index in [2.05, 4.69) is 16.4 Å². The van der Waals surface area contributed by atoms with Crippen molar-refractivity contribution in [1.82, 2.24) is 5.32 Å². The highest BCUT2D eigenvalue weighted by molar-refractivity contribution is 6.12. The zero-order chi connectivity index (χ0) is 19.1. The molecule has 1 aliphatic heterocycles. The molecule has 1 unspecified atom stereocenters. The molecule has 2 aromatic carbocycles. The van der Waals surface area contributed by atoms with Gasteiger partial charge in [0.25, 0.3) is 11.8 Å². The summed E-state index contributed by atoms with van der Waals surface area (Å²) in [6.45, 7) is 0. The summed E-state index contributed by atoms with van der Waals surface area (Å²) in [4.78, 5) is 29.2. The second-order valence-electron chi connectivity index (χ2n) is 7.49. The third-order valence-corrected chi connectivity index (χ3v) is 5.74. The predicted octanol–water partition coefficient (Wildman–Crippen LogP) is 4.03. The molecule has 4 heteroatoms. The topological polar surface area (TPSA) is 58.5 Å². The van der Waals surface area contributed by atoms with E-state index >= 15 is 0 Å². The van der Waals surface area contributed by atoms with Crippen LogP contribution in [0.1, 0.15) is 24.8 Å². The van der Waals surface area contributed by atoms with Crippen LogP contribution in [0.5, 0.6) is 0 Å². The molecule has 0 aromatic heterocycles. The summed E-state index contributed by atoms with van der Waals surface area (Å²) < 4.78 is 0. The van der Waals surface area contributed by atoms with Crippen LogP contribution in [0.3, 0.4) is 0 Å². The fourth-order valence-corrected chi connectivity index (χ4v) is 4.45. The molecule has 28 heavy (non-hydrogen) atoms. The fraction of sp³-hybridized carbons (Fsp3) is 0.208. The minimum Gasteiger partial charge on any atom is -0.325 e. The van der Waals surface area contributed by atoms with Crippen LogP contribution in [0.25, 0.3) is 10.8 Å². The average Bonchev–Trinajstić information content (AvgIpc) is 3.19. The lowest BCUT2D eigenvalue weighted by Crippen LogP contribution is -2.35. The molecule has 1 N–H and O–H groups in total. The Kier molecular flexibility index (Phi) is 4.05. The molecular weight excluding hydrogens is 348 g/mol. The highest BCUT2D eigenvalue weighted by Crippen LogP contribution is 2.39. The number of rotatable bonds is 2. The largest absolute Gasteiger partial charge is 0.325 e. The van der Waals surface area contributed by atoms with Gasteiger partial charge in [-0.3, -0.25) is 9.59 Å². The third-order valence-electron chi connectivity index (χ3n) is 5.74. The molecule has 0 spiro atoms. The lowest BCUT2D eigenvalue weighted by atomic mass is 9.85. The summed E-state index contributed by atoms with van der Waals surface area (Å²) in [7, 11) is 0. The second kappa shape index (κ2) is 6.71. The maximum Gasteiger partial charge on any atom is 0.251 e. The fourth-order valence-electron chi connectivity index (χ4n) is 4.45. The zero-order valence-corrected chi connectivity index (χ0v) is 15.4. The number of hydrogen-bond donors (Lipinski definition) is 1. The van der Waals surface area contributed by atoms with Crippen LogP contribution in [-0.2, 0) is 16.0 Å². The molecule has 0 bridgehead atoms. The molecule has 2 aromatic rings. The number of carbonyl (C=O) groups is 2. The minimum absolute atomic E-state index is 0.00623. The van der Waals surface area contributed by atoms with Gasteiger partial charge in [0.2, 0.25) is 0 Å². The first-order valence-corrected chi connectivity index (χ1v) is 9.70. The molecule has 4 nitrogen and oxygen atoms in total. The second-order valence-corrected chi connectivity index (χ2v) is 7.49. The van der Waals surface area contributed by atoms with Crippen molar-refractivity contribution in [3.63, 3.8) is 0 Å². The number of aliphatic imine (C=N–C) groups is 1. The van der Waals surface area contributed by atoms with Gasteiger partial charge in [-0.25, -0.2) is 4.99 Å². The number of nitrogens with zero attached hydrogens (tertiary/aromatic N) is 1. The molecule has 5 rings (SSSR count). The molecule has 138 valence electrons. The Morgan fingerprint density at radius 1 is 1.11 bits per heavy atom. The van der Waals surface area contributed by atoms with Gasteiger partial charge in [0.05, 0.1) is 12.1 Å². The molecule has 0 radical (unpaired) electrons. The Morgan fingerprint density at radius 2 is 1.96 bits per heavy atom. The van der Waals surface area contributed by atoms with Gasteiger partial charge in [0, 0.05) is 17.2 Å². The summed E-state index contributed by atoms with van der Waals surface area (Å²) in [6, 6.07) is 14.0. The molecule has 1 heterocycles. The van der Waals surface area contributed by atoms with Gasteiger partial charge in [0.15, 0.2) is 0 Å². The van der Waals surface area contributed by atoms with Gasteiger partial charge in [-0.2, -0.15) is 0 Å².